The Kier molecular flexibility index (Phi) is 19.8. The van der Waals surface area contributed by atoms with E-state index in [1.54, 1.807) is 26.0 Å². The number of amides is 6. The molecule has 52 heavy (non-hydrogen) atoms. The first-order valence-electron chi connectivity index (χ1n) is 17.1. The van der Waals surface area contributed by atoms with Gasteiger partial charge >= 0.3 is 0 Å². The molecule has 0 aliphatic carbocycles. The maximum atomic E-state index is 13.9. The third-order valence-corrected chi connectivity index (χ3v) is 8.50. The van der Waals surface area contributed by atoms with Crippen LogP contribution < -0.4 is 43.8 Å². The molecule has 290 valence electrons. The van der Waals surface area contributed by atoms with Gasteiger partial charge in [0.2, 0.25) is 40.6 Å². The molecule has 0 aliphatic rings. The van der Waals surface area contributed by atoms with E-state index in [0.717, 1.165) is 11.8 Å². The van der Waals surface area contributed by atoms with Gasteiger partial charge < -0.3 is 48.9 Å². The van der Waals surface area contributed by atoms with E-state index in [1.165, 1.54) is 26.0 Å². The van der Waals surface area contributed by atoms with Gasteiger partial charge in [0.25, 0.3) is 0 Å². The molecule has 5 atom stereocenters. The van der Waals surface area contributed by atoms with E-state index < -0.39 is 65.7 Å². The van der Waals surface area contributed by atoms with Gasteiger partial charge in [-0.25, -0.2) is 0 Å². The molecule has 0 heterocycles. The zero-order chi connectivity index (χ0) is 39.5. The number of nitrogens with two attached hydrogens (primary N) is 3. The van der Waals surface area contributed by atoms with Crippen LogP contribution in [0.5, 0.6) is 5.75 Å². The lowest BCUT2D eigenvalue weighted by Crippen LogP contribution is -2.59. The Morgan fingerprint density at radius 2 is 1.35 bits per heavy atom. The van der Waals surface area contributed by atoms with Gasteiger partial charge in [0, 0.05) is 32.1 Å². The number of thioether (sulfide) groups is 1. The molecular weight excluding hydrogens is 694 g/mol. The van der Waals surface area contributed by atoms with Crippen molar-refractivity contribution < 1.29 is 38.7 Å². The summed E-state index contributed by atoms with van der Waals surface area (Å²) in [6, 6.07) is 0.567. The second-order valence-corrected chi connectivity index (χ2v) is 14.3. The van der Waals surface area contributed by atoms with Crippen LogP contribution in [0.25, 0.3) is 0 Å². The Bertz CT molecular complexity index is 1420. The van der Waals surface area contributed by atoms with Crippen molar-refractivity contribution in [2.24, 2.45) is 34.0 Å². The largest absolute Gasteiger partial charge is 0.508 e. The number of hydrogen-bond donors (Lipinski definition) is 9. The van der Waals surface area contributed by atoms with Gasteiger partial charge in [0.1, 0.15) is 36.0 Å². The van der Waals surface area contributed by atoms with Gasteiger partial charge in [-0.3, -0.25) is 38.6 Å². The Morgan fingerprint density at radius 3 is 1.88 bits per heavy atom. The van der Waals surface area contributed by atoms with E-state index in [1.807, 2.05) is 13.8 Å². The van der Waals surface area contributed by atoms with Crippen LogP contribution in [-0.2, 0) is 40.0 Å². The van der Waals surface area contributed by atoms with Crippen molar-refractivity contribution in [3.63, 3.8) is 0 Å². The van der Waals surface area contributed by atoms with Gasteiger partial charge in [-0.2, -0.15) is 0 Å². The Balaban J connectivity index is 3.27. The third-order valence-electron chi connectivity index (χ3n) is 7.55. The van der Waals surface area contributed by atoms with Gasteiger partial charge in [-0.15, -0.1) is 0 Å². The smallest absolute Gasteiger partial charge is 0.243 e. The molecule has 0 bridgehead atoms. The van der Waals surface area contributed by atoms with Crippen LogP contribution >= 0.6 is 11.8 Å². The molecule has 0 unspecified atom stereocenters. The first-order valence-corrected chi connectivity index (χ1v) is 18.1. The Labute approximate surface area is 308 Å². The normalized spacial score (nSPS) is 13.8. The number of benzene rings is 1. The highest BCUT2D eigenvalue weighted by atomic mass is 32.2. The van der Waals surface area contributed by atoms with Crippen molar-refractivity contribution in [1.29, 1.82) is 0 Å². The van der Waals surface area contributed by atoms with Crippen molar-refractivity contribution in [3.8, 4) is 5.75 Å². The molecule has 0 radical (unpaired) electrons. The molecule has 18 heteroatoms. The first kappa shape index (κ1) is 45.2. The van der Waals surface area contributed by atoms with Crippen LogP contribution in [0.3, 0.4) is 0 Å². The number of primary amides is 1. The number of nitrogens with zero attached hydrogens (tertiary/aromatic N) is 1. The summed E-state index contributed by atoms with van der Waals surface area (Å²) in [7, 11) is 0. The molecule has 12 N–H and O–H groups in total. The van der Waals surface area contributed by atoms with Gasteiger partial charge in [0.15, 0.2) is 5.96 Å². The fraction of sp³-hybridized carbons (Fsp3) is 0.588. The summed E-state index contributed by atoms with van der Waals surface area (Å²) in [4.78, 5) is 93.6. The molecule has 0 spiro atoms. The van der Waals surface area contributed by atoms with Crippen molar-refractivity contribution in [1.82, 2.24) is 26.6 Å². The lowest BCUT2D eigenvalue weighted by atomic mass is 10.0. The molecule has 0 saturated carbocycles. The highest BCUT2D eigenvalue weighted by Gasteiger charge is 2.32. The number of nitrogens with one attached hydrogen (secondary N) is 5. The molecular formula is C34H55N9O8S. The molecule has 0 saturated heterocycles. The van der Waals surface area contributed by atoms with E-state index in [4.69, 9.17) is 17.2 Å². The molecule has 6 amide bonds. The van der Waals surface area contributed by atoms with Crippen molar-refractivity contribution >= 4 is 58.3 Å². The van der Waals surface area contributed by atoms with Gasteiger partial charge in [-0.1, -0.05) is 51.6 Å². The topological polar surface area (TPSA) is 290 Å². The number of phenols is 1. The van der Waals surface area contributed by atoms with Crippen LogP contribution in [0, 0.1) is 11.8 Å². The highest BCUT2D eigenvalue weighted by Crippen LogP contribution is 2.15. The predicted octanol–water partition coefficient (Wildman–Crippen LogP) is -0.711. The zero-order valence-corrected chi connectivity index (χ0v) is 31.5. The molecule has 1 aromatic rings. The van der Waals surface area contributed by atoms with Crippen molar-refractivity contribution in [3.05, 3.63) is 29.8 Å². The quantitative estimate of drug-likeness (QED) is 0.0405. The number of aliphatic imine (C=N–C) groups is 1. The predicted molar refractivity (Wildman–Crippen MR) is 198 cm³/mol. The summed E-state index contributed by atoms with van der Waals surface area (Å²) in [6.45, 7) is 10.0. The maximum absolute atomic E-state index is 13.9. The summed E-state index contributed by atoms with van der Waals surface area (Å²) < 4.78 is 0. The van der Waals surface area contributed by atoms with E-state index in [2.05, 4.69) is 31.6 Å². The lowest BCUT2D eigenvalue weighted by Gasteiger charge is -2.27. The van der Waals surface area contributed by atoms with Gasteiger partial charge in [-0.05, 0) is 55.7 Å². The summed E-state index contributed by atoms with van der Waals surface area (Å²) in [5.74, 6) is -4.01. The van der Waals surface area contributed by atoms with Gasteiger partial charge in [0.05, 0.1) is 0 Å². The van der Waals surface area contributed by atoms with Crippen LogP contribution in [0.1, 0.15) is 72.8 Å². The van der Waals surface area contributed by atoms with Crippen molar-refractivity contribution in [2.75, 3.05) is 12.3 Å². The van der Waals surface area contributed by atoms with Crippen LogP contribution in [0.2, 0.25) is 0 Å². The zero-order valence-electron chi connectivity index (χ0n) is 30.7. The molecule has 17 nitrogen and oxygen atoms in total. The first-order chi connectivity index (χ1) is 24.3. The molecule has 1 rings (SSSR count). The average molecular weight is 750 g/mol. The molecule has 0 fully saturated rings. The number of hydrogen-bond acceptors (Lipinski definition) is 10. The van der Waals surface area contributed by atoms with E-state index in [-0.39, 0.29) is 66.6 Å². The summed E-state index contributed by atoms with van der Waals surface area (Å²) in [5.41, 5.74) is 16.6. The van der Waals surface area contributed by atoms with E-state index in [9.17, 15) is 38.7 Å². The van der Waals surface area contributed by atoms with Crippen LogP contribution in [0.4, 0.5) is 0 Å². The molecule has 0 aromatic heterocycles. The van der Waals surface area contributed by atoms with E-state index in [0.29, 0.717) is 12.0 Å². The fourth-order valence-corrected chi connectivity index (χ4v) is 5.85. The second-order valence-electron chi connectivity index (χ2n) is 13.2. The molecule has 0 aliphatic heterocycles. The highest BCUT2D eigenvalue weighted by molar-refractivity contribution is 8.13. The standard InChI is InChI=1S/C34H55N9O8S/c1-18(2)16-25(40-21(6)44)31(49)42-26(17-22-9-11-23(45)12-10-22)32(50)41-24(8-7-14-38-34(36)37)30(48)39-20(5)29(47)43-28(19(3)4)33(51)52-15-13-27(35)46/h9-12,18-20,24-26,28,45H,7-8,13-17H2,1-6H3,(H2,35,46)(H,39,48)(H,40,44)(H,41,50)(H,42,49)(H,43,47)(H4,36,37,38)/t20-,24-,25-,26-,28-/m0/s1. The number of carbonyl (C=O) groups is 7. The minimum Gasteiger partial charge on any atom is -0.508 e. The minimum absolute atomic E-state index is 0.00183. The third kappa shape index (κ3) is 17.9. The maximum Gasteiger partial charge on any atom is 0.243 e. The molecule has 1 aromatic carbocycles. The summed E-state index contributed by atoms with van der Waals surface area (Å²) in [6.07, 6.45) is 0.538. The Hall–Kier alpha value is -4.87. The minimum atomic E-state index is -1.22. The van der Waals surface area contributed by atoms with E-state index >= 15 is 0 Å². The SMILES string of the molecule is CC(=O)N[C@@H](CC(C)C)C(=O)N[C@@H](Cc1ccc(O)cc1)C(=O)N[C@@H](CCCN=C(N)N)C(=O)N[C@@H](C)C(=O)N[C@H](C(=O)SCCC(N)=O)C(C)C. The number of rotatable bonds is 22. The summed E-state index contributed by atoms with van der Waals surface area (Å²) >= 11 is 0.868. The average Bonchev–Trinajstić information content (AvgIpc) is 3.03. The van der Waals surface area contributed by atoms with Crippen LogP contribution in [0.15, 0.2) is 29.3 Å². The van der Waals surface area contributed by atoms with Crippen LogP contribution in [-0.4, -0.2) is 94.1 Å². The number of guanidine groups is 1. The fourth-order valence-electron chi connectivity index (χ4n) is 4.84. The number of phenolic OH excluding ortho intramolecular Hbond substituents is 1. The Morgan fingerprint density at radius 1 is 0.769 bits per heavy atom. The second kappa shape index (κ2) is 22.8. The number of aromatic hydroxyl groups is 1. The number of carbonyl (C=O) groups excluding carboxylic acids is 7. The monoisotopic (exact) mass is 749 g/mol. The lowest BCUT2D eigenvalue weighted by molar-refractivity contribution is -0.134. The summed E-state index contributed by atoms with van der Waals surface area (Å²) in [5, 5.41) is 22.6. The van der Waals surface area contributed by atoms with Crippen molar-refractivity contribution in [2.45, 2.75) is 104 Å².